The SMILES string of the molecule is CC(Nc1ccc(C(=O)Nc2nc3c(s2)CCCCC3)cc1[N+](=O)[O-])c1ccccn1. The largest absolute Gasteiger partial charge is 0.371 e. The molecule has 1 amide bonds. The second kappa shape index (κ2) is 9.22. The molecule has 2 N–H and O–H groups in total. The van der Waals surface area contributed by atoms with Crippen molar-refractivity contribution in [3.05, 3.63) is 74.5 Å². The first-order valence-electron chi connectivity index (χ1n) is 10.3. The highest BCUT2D eigenvalue weighted by molar-refractivity contribution is 7.15. The number of thiazole rings is 1. The monoisotopic (exact) mass is 437 g/mol. The van der Waals surface area contributed by atoms with E-state index in [0.29, 0.717) is 10.8 Å². The molecule has 2 aromatic heterocycles. The van der Waals surface area contributed by atoms with Gasteiger partial charge in [-0.15, -0.1) is 11.3 Å². The minimum atomic E-state index is -0.490. The number of carbonyl (C=O) groups is 1. The summed E-state index contributed by atoms with van der Waals surface area (Å²) in [5, 5.41) is 18.1. The van der Waals surface area contributed by atoms with E-state index in [1.54, 1.807) is 18.3 Å². The third-order valence-electron chi connectivity index (χ3n) is 5.28. The van der Waals surface area contributed by atoms with Crippen molar-refractivity contribution >= 4 is 33.8 Å². The van der Waals surface area contributed by atoms with Gasteiger partial charge < -0.3 is 5.32 Å². The van der Waals surface area contributed by atoms with Crippen LogP contribution in [0.5, 0.6) is 0 Å². The Morgan fingerprint density at radius 2 is 2.03 bits per heavy atom. The molecule has 0 saturated heterocycles. The van der Waals surface area contributed by atoms with Crippen LogP contribution in [0, 0.1) is 10.1 Å². The summed E-state index contributed by atoms with van der Waals surface area (Å²) in [6.07, 6.45) is 7.05. The Hall–Kier alpha value is -3.33. The minimum absolute atomic E-state index is 0.162. The summed E-state index contributed by atoms with van der Waals surface area (Å²) in [4.78, 5) is 33.9. The second-order valence-corrected chi connectivity index (χ2v) is 8.60. The molecule has 4 rings (SSSR count). The van der Waals surface area contributed by atoms with Crippen LogP contribution in [0.1, 0.15) is 58.9 Å². The van der Waals surface area contributed by atoms with E-state index in [1.165, 1.54) is 28.7 Å². The summed E-state index contributed by atoms with van der Waals surface area (Å²) in [6.45, 7) is 1.87. The van der Waals surface area contributed by atoms with E-state index in [2.05, 4.69) is 20.6 Å². The summed E-state index contributed by atoms with van der Waals surface area (Å²) in [5.41, 5.74) is 2.22. The normalized spacial score (nSPS) is 14.2. The third-order valence-corrected chi connectivity index (χ3v) is 6.35. The number of fused-ring (bicyclic) bond motifs is 1. The standard InChI is InChI=1S/C22H23N5O3S/c1-14(16-7-5-6-12-23-16)24-17-11-10-15(13-19(17)27(29)30)21(28)26-22-25-18-8-3-2-4-9-20(18)31-22/h5-7,10-14,24H,2-4,8-9H2,1H3,(H,25,26,28). The van der Waals surface area contributed by atoms with Crippen LogP contribution in [0.15, 0.2) is 42.6 Å². The summed E-state index contributed by atoms with van der Waals surface area (Å²) < 4.78 is 0. The zero-order chi connectivity index (χ0) is 21.8. The lowest BCUT2D eigenvalue weighted by molar-refractivity contribution is -0.384. The molecule has 160 valence electrons. The highest BCUT2D eigenvalue weighted by Crippen LogP contribution is 2.31. The number of rotatable bonds is 6. The number of hydrogen-bond acceptors (Lipinski definition) is 7. The number of nitro benzene ring substituents is 1. The van der Waals surface area contributed by atoms with E-state index in [-0.39, 0.29) is 17.3 Å². The van der Waals surface area contributed by atoms with Gasteiger partial charge in [0.15, 0.2) is 5.13 Å². The second-order valence-electron chi connectivity index (χ2n) is 7.51. The highest BCUT2D eigenvalue weighted by atomic mass is 32.1. The van der Waals surface area contributed by atoms with Gasteiger partial charge in [0.25, 0.3) is 11.6 Å². The number of aryl methyl sites for hydroxylation is 2. The Morgan fingerprint density at radius 1 is 1.19 bits per heavy atom. The van der Waals surface area contributed by atoms with Gasteiger partial charge in [0, 0.05) is 22.7 Å². The number of nitrogens with one attached hydrogen (secondary N) is 2. The molecule has 0 bridgehead atoms. The average molecular weight is 438 g/mol. The van der Waals surface area contributed by atoms with Crippen molar-refractivity contribution in [2.24, 2.45) is 0 Å². The molecule has 1 atom stereocenters. The van der Waals surface area contributed by atoms with Crippen molar-refractivity contribution in [3.8, 4) is 0 Å². The van der Waals surface area contributed by atoms with Crippen molar-refractivity contribution in [1.29, 1.82) is 0 Å². The molecule has 0 aliphatic heterocycles. The first-order valence-corrected chi connectivity index (χ1v) is 11.1. The predicted octanol–water partition coefficient (Wildman–Crippen LogP) is 5.14. The number of carbonyl (C=O) groups excluding carboxylic acids is 1. The van der Waals surface area contributed by atoms with Crippen LogP contribution in [-0.4, -0.2) is 20.8 Å². The maximum Gasteiger partial charge on any atom is 0.293 e. The number of amides is 1. The van der Waals surface area contributed by atoms with E-state index < -0.39 is 10.8 Å². The number of pyridine rings is 1. The molecule has 0 saturated carbocycles. The smallest absolute Gasteiger partial charge is 0.293 e. The quantitative estimate of drug-likeness (QED) is 0.314. The van der Waals surface area contributed by atoms with E-state index in [4.69, 9.17) is 0 Å². The zero-order valence-corrected chi connectivity index (χ0v) is 17.9. The molecule has 0 radical (unpaired) electrons. The number of benzene rings is 1. The summed E-state index contributed by atoms with van der Waals surface area (Å²) in [5.74, 6) is -0.406. The fourth-order valence-corrected chi connectivity index (χ4v) is 4.68. The fraction of sp³-hybridized carbons (Fsp3) is 0.318. The molecule has 9 heteroatoms. The van der Waals surface area contributed by atoms with Gasteiger partial charge >= 0.3 is 0 Å². The molecule has 8 nitrogen and oxygen atoms in total. The van der Waals surface area contributed by atoms with Crippen LogP contribution < -0.4 is 10.6 Å². The van der Waals surface area contributed by atoms with Gasteiger partial charge in [-0.2, -0.15) is 0 Å². The number of anilines is 2. The van der Waals surface area contributed by atoms with Crippen LogP contribution in [0.2, 0.25) is 0 Å². The Kier molecular flexibility index (Phi) is 6.22. The summed E-state index contributed by atoms with van der Waals surface area (Å²) in [7, 11) is 0. The average Bonchev–Trinajstić information content (AvgIpc) is 3.02. The van der Waals surface area contributed by atoms with Crippen LogP contribution >= 0.6 is 11.3 Å². The predicted molar refractivity (Wildman–Crippen MR) is 121 cm³/mol. The van der Waals surface area contributed by atoms with Crippen molar-refractivity contribution in [2.75, 3.05) is 10.6 Å². The molecule has 1 unspecified atom stereocenters. The van der Waals surface area contributed by atoms with Gasteiger partial charge in [-0.1, -0.05) is 12.5 Å². The van der Waals surface area contributed by atoms with Gasteiger partial charge in [-0.3, -0.25) is 25.2 Å². The molecule has 0 fully saturated rings. The number of aromatic nitrogens is 2. The third kappa shape index (κ3) is 4.88. The lowest BCUT2D eigenvalue weighted by Crippen LogP contribution is -2.14. The zero-order valence-electron chi connectivity index (χ0n) is 17.1. The fourth-order valence-electron chi connectivity index (χ4n) is 3.64. The van der Waals surface area contributed by atoms with Crippen molar-refractivity contribution in [1.82, 2.24) is 9.97 Å². The Labute approximate surface area is 183 Å². The maximum atomic E-state index is 12.7. The number of nitrogens with zero attached hydrogens (tertiary/aromatic N) is 3. The molecule has 1 aromatic carbocycles. The lowest BCUT2D eigenvalue weighted by atomic mass is 10.1. The van der Waals surface area contributed by atoms with Gasteiger partial charge in [0.1, 0.15) is 5.69 Å². The van der Waals surface area contributed by atoms with Gasteiger partial charge in [0.2, 0.25) is 0 Å². The van der Waals surface area contributed by atoms with Crippen LogP contribution in [0.3, 0.4) is 0 Å². The van der Waals surface area contributed by atoms with E-state index >= 15 is 0 Å². The topological polar surface area (TPSA) is 110 Å². The number of hydrogen-bond donors (Lipinski definition) is 2. The molecule has 0 spiro atoms. The minimum Gasteiger partial charge on any atom is -0.371 e. The van der Waals surface area contributed by atoms with Crippen LogP contribution in [-0.2, 0) is 12.8 Å². The molecule has 1 aliphatic carbocycles. The van der Waals surface area contributed by atoms with Gasteiger partial charge in [-0.25, -0.2) is 4.98 Å². The van der Waals surface area contributed by atoms with Gasteiger partial charge in [-0.05, 0) is 56.9 Å². The Balaban J connectivity index is 1.52. The maximum absolute atomic E-state index is 12.7. The summed E-state index contributed by atoms with van der Waals surface area (Å²) >= 11 is 1.50. The summed E-state index contributed by atoms with van der Waals surface area (Å²) in [6, 6.07) is 9.72. The molecule has 2 heterocycles. The molecule has 31 heavy (non-hydrogen) atoms. The van der Waals surface area contributed by atoms with Crippen molar-refractivity contribution < 1.29 is 9.72 Å². The highest BCUT2D eigenvalue weighted by Gasteiger charge is 2.21. The van der Waals surface area contributed by atoms with E-state index in [9.17, 15) is 14.9 Å². The molecular weight excluding hydrogens is 414 g/mol. The number of nitro groups is 1. The molecule has 3 aromatic rings. The van der Waals surface area contributed by atoms with Gasteiger partial charge in [0.05, 0.1) is 22.4 Å². The van der Waals surface area contributed by atoms with E-state index in [0.717, 1.165) is 37.1 Å². The van der Waals surface area contributed by atoms with Crippen LogP contribution in [0.25, 0.3) is 0 Å². The lowest BCUT2D eigenvalue weighted by Gasteiger charge is -2.15. The molecule has 1 aliphatic rings. The van der Waals surface area contributed by atoms with Crippen molar-refractivity contribution in [2.45, 2.75) is 45.1 Å². The Morgan fingerprint density at radius 3 is 2.81 bits per heavy atom. The molecular formula is C22H23N5O3S. The first-order chi connectivity index (χ1) is 15.0. The Bertz CT molecular complexity index is 1080. The van der Waals surface area contributed by atoms with E-state index in [1.807, 2.05) is 25.1 Å². The van der Waals surface area contributed by atoms with Crippen LogP contribution in [0.4, 0.5) is 16.5 Å². The van der Waals surface area contributed by atoms with Crippen molar-refractivity contribution in [3.63, 3.8) is 0 Å². The first kappa shape index (κ1) is 20.9.